The zero-order chi connectivity index (χ0) is 18.4. The van der Waals surface area contributed by atoms with Gasteiger partial charge in [0.1, 0.15) is 11.6 Å². The summed E-state index contributed by atoms with van der Waals surface area (Å²) in [6, 6.07) is 1.89. The zero-order valence-electron chi connectivity index (χ0n) is 14.7. The van der Waals surface area contributed by atoms with Crippen LogP contribution in [0.1, 0.15) is 60.9 Å². The van der Waals surface area contributed by atoms with E-state index >= 15 is 0 Å². The molecule has 1 saturated carbocycles. The number of rotatable bonds is 4. The minimum Gasteiger partial charge on any atom is -0.325 e. The number of H-pyrrole nitrogens is 1. The number of amides is 2. The molecule has 1 aromatic heterocycles. The standard InChI is InChI=1S/C18H24N4O3/c1-11-14(12(2)20-18(25)15(11)10-19)8-9-16(23)21-22-17(24)13-6-4-3-5-7-13/h13H,3-9H2,1-2H3,(H,20,25)(H,21,23)(H,22,24). The number of pyridine rings is 1. The van der Waals surface area contributed by atoms with E-state index in [2.05, 4.69) is 15.8 Å². The van der Waals surface area contributed by atoms with Crippen LogP contribution >= 0.6 is 0 Å². The van der Waals surface area contributed by atoms with Crippen LogP contribution in [0.3, 0.4) is 0 Å². The number of aromatic nitrogens is 1. The quantitative estimate of drug-likeness (QED) is 0.718. The Bertz CT molecular complexity index is 755. The van der Waals surface area contributed by atoms with Gasteiger partial charge in [-0.3, -0.25) is 25.2 Å². The van der Waals surface area contributed by atoms with Crippen LogP contribution in [0.4, 0.5) is 0 Å². The third-order valence-corrected chi connectivity index (χ3v) is 4.82. The molecule has 1 heterocycles. The van der Waals surface area contributed by atoms with Crippen molar-refractivity contribution >= 4 is 11.8 Å². The van der Waals surface area contributed by atoms with Crippen LogP contribution < -0.4 is 16.4 Å². The second kappa shape index (κ2) is 8.47. The predicted octanol–water partition coefficient (Wildman–Crippen LogP) is 1.52. The lowest BCUT2D eigenvalue weighted by Gasteiger charge is -2.20. The van der Waals surface area contributed by atoms with Gasteiger partial charge < -0.3 is 4.98 Å². The molecule has 134 valence electrons. The lowest BCUT2D eigenvalue weighted by molar-refractivity contribution is -0.131. The number of nitriles is 1. The number of aryl methyl sites for hydroxylation is 1. The smallest absolute Gasteiger partial charge is 0.266 e. The highest BCUT2D eigenvalue weighted by molar-refractivity contribution is 5.83. The second-order valence-electron chi connectivity index (χ2n) is 6.54. The first-order valence-electron chi connectivity index (χ1n) is 8.65. The number of nitrogens with one attached hydrogen (secondary N) is 3. The lowest BCUT2D eigenvalue weighted by atomic mass is 9.89. The molecule has 2 rings (SSSR count). The van der Waals surface area contributed by atoms with E-state index in [1.807, 2.05) is 6.07 Å². The first-order chi connectivity index (χ1) is 11.9. The number of hydrazine groups is 1. The van der Waals surface area contributed by atoms with Crippen LogP contribution in [0.2, 0.25) is 0 Å². The topological polar surface area (TPSA) is 115 Å². The Balaban J connectivity index is 1.89. The Morgan fingerprint density at radius 3 is 2.52 bits per heavy atom. The summed E-state index contributed by atoms with van der Waals surface area (Å²) in [6.07, 6.45) is 5.55. The van der Waals surface area contributed by atoms with Crippen molar-refractivity contribution in [3.05, 3.63) is 32.7 Å². The van der Waals surface area contributed by atoms with E-state index in [0.29, 0.717) is 17.7 Å². The molecule has 0 spiro atoms. The van der Waals surface area contributed by atoms with Crippen molar-refractivity contribution in [3.63, 3.8) is 0 Å². The molecule has 0 saturated heterocycles. The molecule has 3 N–H and O–H groups in total. The molecule has 0 radical (unpaired) electrons. The molecule has 0 aliphatic heterocycles. The number of hydrogen-bond acceptors (Lipinski definition) is 4. The van der Waals surface area contributed by atoms with E-state index in [0.717, 1.165) is 31.2 Å². The van der Waals surface area contributed by atoms with Crippen molar-refractivity contribution in [2.75, 3.05) is 0 Å². The molecule has 2 amide bonds. The maximum atomic E-state index is 12.0. The van der Waals surface area contributed by atoms with Crippen LogP contribution in [0.5, 0.6) is 0 Å². The van der Waals surface area contributed by atoms with E-state index in [1.54, 1.807) is 13.8 Å². The summed E-state index contributed by atoms with van der Waals surface area (Å²) in [5.41, 5.74) is 6.65. The molecule has 0 aromatic carbocycles. The second-order valence-corrected chi connectivity index (χ2v) is 6.54. The van der Waals surface area contributed by atoms with Gasteiger partial charge in [0, 0.05) is 18.0 Å². The normalized spacial score (nSPS) is 14.6. The lowest BCUT2D eigenvalue weighted by Crippen LogP contribution is -2.45. The Kier molecular flexibility index (Phi) is 6.34. The largest absolute Gasteiger partial charge is 0.325 e. The van der Waals surface area contributed by atoms with Crippen LogP contribution in [0.25, 0.3) is 0 Å². The molecule has 0 unspecified atom stereocenters. The number of nitrogens with zero attached hydrogens (tertiary/aromatic N) is 1. The van der Waals surface area contributed by atoms with Gasteiger partial charge in [0.25, 0.3) is 5.56 Å². The van der Waals surface area contributed by atoms with E-state index in [-0.39, 0.29) is 29.7 Å². The van der Waals surface area contributed by atoms with Gasteiger partial charge in [-0.15, -0.1) is 0 Å². The van der Waals surface area contributed by atoms with Gasteiger partial charge in [-0.1, -0.05) is 19.3 Å². The third-order valence-electron chi connectivity index (χ3n) is 4.82. The average molecular weight is 344 g/mol. The fourth-order valence-corrected chi connectivity index (χ4v) is 3.32. The Morgan fingerprint density at radius 1 is 1.20 bits per heavy atom. The molecule has 25 heavy (non-hydrogen) atoms. The van der Waals surface area contributed by atoms with Crippen molar-refractivity contribution in [1.29, 1.82) is 5.26 Å². The molecule has 0 bridgehead atoms. The summed E-state index contributed by atoms with van der Waals surface area (Å²) >= 11 is 0. The molecule has 1 aromatic rings. The van der Waals surface area contributed by atoms with Gasteiger partial charge in [-0.05, 0) is 44.2 Å². The Labute approximate surface area is 146 Å². The summed E-state index contributed by atoms with van der Waals surface area (Å²) in [5, 5.41) is 9.06. The maximum absolute atomic E-state index is 12.0. The van der Waals surface area contributed by atoms with Gasteiger partial charge in [-0.25, -0.2) is 0 Å². The van der Waals surface area contributed by atoms with Crippen molar-refractivity contribution in [2.45, 2.75) is 58.8 Å². The van der Waals surface area contributed by atoms with Crippen molar-refractivity contribution in [3.8, 4) is 6.07 Å². The van der Waals surface area contributed by atoms with Crippen molar-refractivity contribution in [2.24, 2.45) is 5.92 Å². The van der Waals surface area contributed by atoms with Gasteiger partial charge in [-0.2, -0.15) is 5.26 Å². The van der Waals surface area contributed by atoms with E-state index in [9.17, 15) is 14.4 Å². The summed E-state index contributed by atoms with van der Waals surface area (Å²) in [7, 11) is 0. The van der Waals surface area contributed by atoms with E-state index < -0.39 is 5.56 Å². The monoisotopic (exact) mass is 344 g/mol. The SMILES string of the molecule is Cc1[nH]c(=O)c(C#N)c(C)c1CCC(=O)NNC(=O)C1CCCCC1. The maximum Gasteiger partial charge on any atom is 0.266 e. The highest BCUT2D eigenvalue weighted by Gasteiger charge is 2.21. The summed E-state index contributed by atoms with van der Waals surface area (Å²) in [6.45, 7) is 3.45. The van der Waals surface area contributed by atoms with Gasteiger partial charge >= 0.3 is 0 Å². The molecule has 0 atom stereocenters. The first kappa shape index (κ1) is 18.7. The molecule has 1 aliphatic carbocycles. The predicted molar refractivity (Wildman–Crippen MR) is 92.4 cm³/mol. The van der Waals surface area contributed by atoms with E-state index in [4.69, 9.17) is 5.26 Å². The molecule has 1 fully saturated rings. The number of aromatic amines is 1. The van der Waals surface area contributed by atoms with Crippen LogP contribution in [0.15, 0.2) is 4.79 Å². The highest BCUT2D eigenvalue weighted by Crippen LogP contribution is 2.23. The molecular weight excluding hydrogens is 320 g/mol. The van der Waals surface area contributed by atoms with Crippen LogP contribution in [-0.4, -0.2) is 16.8 Å². The summed E-state index contributed by atoms with van der Waals surface area (Å²) in [4.78, 5) is 38.3. The third kappa shape index (κ3) is 4.69. The van der Waals surface area contributed by atoms with Crippen molar-refractivity contribution < 1.29 is 9.59 Å². The first-order valence-corrected chi connectivity index (χ1v) is 8.65. The molecule has 1 aliphatic rings. The van der Waals surface area contributed by atoms with Crippen LogP contribution in [-0.2, 0) is 16.0 Å². The fourth-order valence-electron chi connectivity index (χ4n) is 3.32. The number of carbonyl (C=O) groups is 2. The van der Waals surface area contributed by atoms with Gasteiger partial charge in [0.05, 0.1) is 0 Å². The average Bonchev–Trinajstić information content (AvgIpc) is 2.60. The minimum absolute atomic E-state index is 0.0177. The zero-order valence-corrected chi connectivity index (χ0v) is 14.7. The highest BCUT2D eigenvalue weighted by atomic mass is 16.2. The number of carbonyl (C=O) groups excluding carboxylic acids is 2. The van der Waals surface area contributed by atoms with Gasteiger partial charge in [0.2, 0.25) is 11.8 Å². The summed E-state index contributed by atoms with van der Waals surface area (Å²) in [5.74, 6) is -0.445. The minimum atomic E-state index is -0.412. The molecule has 7 heteroatoms. The Morgan fingerprint density at radius 2 is 1.88 bits per heavy atom. The Hall–Kier alpha value is -2.62. The van der Waals surface area contributed by atoms with E-state index in [1.165, 1.54) is 6.42 Å². The van der Waals surface area contributed by atoms with Gasteiger partial charge in [0.15, 0.2) is 0 Å². The van der Waals surface area contributed by atoms with Crippen LogP contribution in [0, 0.1) is 31.1 Å². The molecule has 7 nitrogen and oxygen atoms in total. The number of hydrogen-bond donors (Lipinski definition) is 3. The van der Waals surface area contributed by atoms with Crippen molar-refractivity contribution in [1.82, 2.24) is 15.8 Å². The fraction of sp³-hybridized carbons (Fsp3) is 0.556. The summed E-state index contributed by atoms with van der Waals surface area (Å²) < 4.78 is 0. The molecular formula is C18H24N4O3.